The van der Waals surface area contributed by atoms with Crippen LogP contribution in [0.1, 0.15) is 40.6 Å². The van der Waals surface area contributed by atoms with E-state index in [1.165, 1.54) is 0 Å². The molecule has 5 heteroatoms. The van der Waals surface area contributed by atoms with Crippen molar-refractivity contribution >= 4 is 11.7 Å². The van der Waals surface area contributed by atoms with Gasteiger partial charge in [-0.15, -0.1) is 0 Å². The Labute approximate surface area is 152 Å². The van der Waals surface area contributed by atoms with Gasteiger partial charge in [0.25, 0.3) is 0 Å². The summed E-state index contributed by atoms with van der Waals surface area (Å²) in [5.41, 5.74) is 1.58. The molecule has 132 valence electrons. The molecule has 0 bridgehead atoms. The number of nitrogens with one attached hydrogen (secondary N) is 1. The molecule has 0 fully saturated rings. The quantitative estimate of drug-likeness (QED) is 0.667. The summed E-state index contributed by atoms with van der Waals surface area (Å²) < 4.78 is 1.88. The van der Waals surface area contributed by atoms with Crippen molar-refractivity contribution in [3.63, 3.8) is 0 Å². The lowest BCUT2D eigenvalue weighted by Crippen LogP contribution is -2.31. The van der Waals surface area contributed by atoms with Gasteiger partial charge in [-0.25, -0.2) is 4.98 Å². The molecule has 26 heavy (non-hydrogen) atoms. The molecule has 0 aliphatic carbocycles. The standard InChI is InChI=1S/C21H21N3O2/c1-24-15-14-22-21(24)20(17-10-6-3-7-11-17)23-19(26)13-12-18(25)16-8-4-2-5-9-16/h2-11,14-15,20H,12-13H2,1H3,(H,23,26)/t20-/m1/s1. The van der Waals surface area contributed by atoms with Crippen LogP contribution < -0.4 is 5.32 Å². The monoisotopic (exact) mass is 347 g/mol. The van der Waals surface area contributed by atoms with E-state index in [0.717, 1.165) is 11.4 Å². The molecular weight excluding hydrogens is 326 g/mol. The molecule has 1 N–H and O–H groups in total. The van der Waals surface area contributed by atoms with Gasteiger partial charge in [0.05, 0.1) is 0 Å². The van der Waals surface area contributed by atoms with E-state index >= 15 is 0 Å². The number of aryl methyl sites for hydroxylation is 1. The molecule has 5 nitrogen and oxygen atoms in total. The normalized spacial score (nSPS) is 11.7. The zero-order valence-electron chi connectivity index (χ0n) is 14.6. The van der Waals surface area contributed by atoms with Crippen LogP contribution in [-0.4, -0.2) is 21.2 Å². The number of hydrogen-bond acceptors (Lipinski definition) is 3. The SMILES string of the molecule is Cn1ccnc1[C@H](NC(=O)CCC(=O)c1ccccc1)c1ccccc1. The number of rotatable bonds is 7. The number of carbonyl (C=O) groups is 2. The number of carbonyl (C=O) groups excluding carboxylic acids is 2. The Balaban J connectivity index is 1.68. The van der Waals surface area contributed by atoms with Gasteiger partial charge in [0.15, 0.2) is 5.78 Å². The predicted molar refractivity (Wildman–Crippen MR) is 99.6 cm³/mol. The maximum absolute atomic E-state index is 12.5. The molecular formula is C21H21N3O2. The molecule has 0 saturated carbocycles. The van der Waals surface area contributed by atoms with Crippen molar-refractivity contribution in [1.82, 2.24) is 14.9 Å². The van der Waals surface area contributed by atoms with Gasteiger partial charge in [0.2, 0.25) is 5.91 Å². The number of amides is 1. The summed E-state index contributed by atoms with van der Waals surface area (Å²) in [6.45, 7) is 0. The lowest BCUT2D eigenvalue weighted by Gasteiger charge is -2.19. The summed E-state index contributed by atoms with van der Waals surface area (Å²) >= 11 is 0. The summed E-state index contributed by atoms with van der Waals surface area (Å²) in [6.07, 6.45) is 3.87. The Kier molecular flexibility index (Phi) is 5.59. The molecule has 3 rings (SSSR count). The number of Topliss-reactive ketones (excluding diaryl/α,β-unsaturated/α-hetero) is 1. The van der Waals surface area contributed by atoms with E-state index in [4.69, 9.17) is 0 Å². The number of hydrogen-bond donors (Lipinski definition) is 1. The Hall–Kier alpha value is -3.21. The third-order valence-electron chi connectivity index (χ3n) is 4.23. The Bertz CT molecular complexity index is 873. The summed E-state index contributed by atoms with van der Waals surface area (Å²) in [5.74, 6) is 0.541. The van der Waals surface area contributed by atoms with E-state index < -0.39 is 0 Å². The van der Waals surface area contributed by atoms with Crippen molar-refractivity contribution in [1.29, 1.82) is 0 Å². The van der Waals surface area contributed by atoms with Crippen LogP contribution in [0.15, 0.2) is 73.1 Å². The van der Waals surface area contributed by atoms with Gasteiger partial charge < -0.3 is 9.88 Å². The Morgan fingerprint density at radius 3 is 2.27 bits per heavy atom. The van der Waals surface area contributed by atoms with Crippen LogP contribution in [0.3, 0.4) is 0 Å². The van der Waals surface area contributed by atoms with Crippen LogP contribution in [0.5, 0.6) is 0 Å². The summed E-state index contributed by atoms with van der Waals surface area (Å²) in [4.78, 5) is 29.0. The van der Waals surface area contributed by atoms with Crippen LogP contribution in [0, 0.1) is 0 Å². The second-order valence-electron chi connectivity index (χ2n) is 6.10. The second-order valence-corrected chi connectivity index (χ2v) is 6.10. The molecule has 1 atom stereocenters. The first-order chi connectivity index (χ1) is 12.6. The van der Waals surface area contributed by atoms with Crippen LogP contribution in [0.25, 0.3) is 0 Å². The molecule has 0 saturated heterocycles. The molecule has 0 aliphatic rings. The summed E-state index contributed by atoms with van der Waals surface area (Å²) in [7, 11) is 1.89. The number of ketones is 1. The van der Waals surface area contributed by atoms with Crippen molar-refractivity contribution in [3.8, 4) is 0 Å². The van der Waals surface area contributed by atoms with Crippen molar-refractivity contribution in [2.24, 2.45) is 7.05 Å². The summed E-state index contributed by atoms with van der Waals surface area (Å²) in [6, 6.07) is 18.4. The molecule has 0 radical (unpaired) electrons. The molecule has 2 aromatic carbocycles. The second kappa shape index (κ2) is 8.25. The Morgan fingerprint density at radius 2 is 1.65 bits per heavy atom. The minimum atomic E-state index is -0.351. The highest BCUT2D eigenvalue weighted by Crippen LogP contribution is 2.20. The van der Waals surface area contributed by atoms with Crippen molar-refractivity contribution in [3.05, 3.63) is 90.0 Å². The lowest BCUT2D eigenvalue weighted by molar-refractivity contribution is -0.121. The zero-order valence-corrected chi connectivity index (χ0v) is 14.6. The van der Waals surface area contributed by atoms with E-state index in [0.29, 0.717) is 5.56 Å². The molecule has 0 aliphatic heterocycles. The highest BCUT2D eigenvalue weighted by Gasteiger charge is 2.21. The predicted octanol–water partition coefficient (Wildman–Crippen LogP) is 3.29. The highest BCUT2D eigenvalue weighted by atomic mass is 16.2. The van der Waals surface area contributed by atoms with Gasteiger partial charge in [-0.05, 0) is 5.56 Å². The minimum absolute atomic E-state index is 0.0333. The molecule has 0 spiro atoms. The molecule has 1 amide bonds. The third kappa shape index (κ3) is 4.25. The average Bonchev–Trinajstić information content (AvgIpc) is 3.11. The van der Waals surface area contributed by atoms with Gasteiger partial charge in [-0.2, -0.15) is 0 Å². The largest absolute Gasteiger partial charge is 0.342 e. The smallest absolute Gasteiger partial charge is 0.221 e. The molecule has 3 aromatic rings. The van der Waals surface area contributed by atoms with Crippen molar-refractivity contribution in [2.45, 2.75) is 18.9 Å². The van der Waals surface area contributed by atoms with Gasteiger partial charge >= 0.3 is 0 Å². The maximum atomic E-state index is 12.5. The topological polar surface area (TPSA) is 64.0 Å². The first-order valence-corrected chi connectivity index (χ1v) is 8.55. The Morgan fingerprint density at radius 1 is 1.00 bits per heavy atom. The van der Waals surface area contributed by atoms with Crippen LogP contribution in [-0.2, 0) is 11.8 Å². The fourth-order valence-corrected chi connectivity index (χ4v) is 2.83. The number of imidazole rings is 1. The van der Waals surface area contributed by atoms with Crippen LogP contribution in [0.4, 0.5) is 0 Å². The van der Waals surface area contributed by atoms with Crippen molar-refractivity contribution in [2.75, 3.05) is 0 Å². The zero-order chi connectivity index (χ0) is 18.4. The highest BCUT2D eigenvalue weighted by molar-refractivity contribution is 5.97. The summed E-state index contributed by atoms with van der Waals surface area (Å²) in [5, 5.41) is 3.01. The van der Waals surface area contributed by atoms with Crippen LogP contribution in [0.2, 0.25) is 0 Å². The van der Waals surface area contributed by atoms with E-state index in [-0.39, 0.29) is 30.6 Å². The molecule has 1 aromatic heterocycles. The van der Waals surface area contributed by atoms with Gasteiger partial charge in [-0.3, -0.25) is 9.59 Å². The third-order valence-corrected chi connectivity index (χ3v) is 4.23. The first kappa shape index (κ1) is 17.6. The van der Waals surface area contributed by atoms with Gasteiger partial charge in [0.1, 0.15) is 11.9 Å². The van der Waals surface area contributed by atoms with Crippen LogP contribution >= 0.6 is 0 Å². The van der Waals surface area contributed by atoms with E-state index in [1.807, 2.05) is 66.3 Å². The van der Waals surface area contributed by atoms with E-state index in [2.05, 4.69) is 10.3 Å². The number of nitrogens with zero attached hydrogens (tertiary/aromatic N) is 2. The van der Waals surface area contributed by atoms with Gasteiger partial charge in [0, 0.05) is 37.8 Å². The number of aromatic nitrogens is 2. The average molecular weight is 347 g/mol. The molecule has 1 heterocycles. The minimum Gasteiger partial charge on any atom is -0.342 e. The lowest BCUT2D eigenvalue weighted by atomic mass is 10.0. The molecule has 0 unspecified atom stereocenters. The van der Waals surface area contributed by atoms with Crippen molar-refractivity contribution < 1.29 is 9.59 Å². The number of benzene rings is 2. The fourth-order valence-electron chi connectivity index (χ4n) is 2.83. The van der Waals surface area contributed by atoms with E-state index in [9.17, 15) is 9.59 Å². The van der Waals surface area contributed by atoms with Gasteiger partial charge in [-0.1, -0.05) is 60.7 Å². The maximum Gasteiger partial charge on any atom is 0.221 e. The van der Waals surface area contributed by atoms with E-state index in [1.54, 1.807) is 18.3 Å². The fraction of sp³-hybridized carbons (Fsp3) is 0.190. The first-order valence-electron chi connectivity index (χ1n) is 8.55.